The molecular formula is C42H50N8O2. The van der Waals surface area contributed by atoms with Gasteiger partial charge in [-0.2, -0.15) is 0 Å². The Morgan fingerprint density at radius 3 is 1.42 bits per heavy atom. The number of nitrogens with zero attached hydrogens (tertiary/aromatic N) is 8. The van der Waals surface area contributed by atoms with Gasteiger partial charge in [-0.1, -0.05) is 48.5 Å². The van der Waals surface area contributed by atoms with Crippen LogP contribution in [0, 0.1) is 0 Å². The average Bonchev–Trinajstić information content (AvgIpc) is 3.18. The zero-order chi connectivity index (χ0) is 35.8. The topological polar surface area (TPSA) is 102 Å². The van der Waals surface area contributed by atoms with E-state index >= 15 is 0 Å². The van der Waals surface area contributed by atoms with E-state index in [4.69, 9.17) is 15.0 Å². The summed E-state index contributed by atoms with van der Waals surface area (Å²) in [5.74, 6) is -0.175. The Morgan fingerprint density at radius 1 is 0.538 bits per heavy atom. The van der Waals surface area contributed by atoms with E-state index in [9.17, 15) is 9.90 Å². The van der Waals surface area contributed by atoms with Crippen LogP contribution in [-0.4, -0.2) is 109 Å². The molecule has 5 aromatic rings. The first-order chi connectivity index (χ1) is 25.6. The van der Waals surface area contributed by atoms with Crippen molar-refractivity contribution < 1.29 is 9.90 Å². The monoisotopic (exact) mass is 698 g/mol. The number of rotatable bonds is 13. The van der Waals surface area contributed by atoms with Gasteiger partial charge in [-0.05, 0) is 66.1 Å². The summed E-state index contributed by atoms with van der Waals surface area (Å²) in [5, 5.41) is 9.29. The lowest BCUT2D eigenvalue weighted by atomic mass is 10.00. The molecular weight excluding hydrogens is 649 g/mol. The number of ketones is 1. The zero-order valence-corrected chi connectivity index (χ0v) is 30.0. The van der Waals surface area contributed by atoms with Gasteiger partial charge in [0.25, 0.3) is 0 Å². The molecule has 1 N–H and O–H groups in total. The fourth-order valence-corrected chi connectivity index (χ4v) is 6.82. The summed E-state index contributed by atoms with van der Waals surface area (Å²) in [4.78, 5) is 41.0. The van der Waals surface area contributed by atoms with Gasteiger partial charge in [0.1, 0.15) is 6.61 Å². The van der Waals surface area contributed by atoms with Gasteiger partial charge in [0.2, 0.25) is 0 Å². The summed E-state index contributed by atoms with van der Waals surface area (Å²) in [6.45, 7) is 8.76. The van der Waals surface area contributed by atoms with Crippen LogP contribution in [0.1, 0.15) is 33.9 Å². The zero-order valence-electron chi connectivity index (χ0n) is 30.0. The van der Waals surface area contributed by atoms with Crippen LogP contribution in [0.5, 0.6) is 0 Å². The third-order valence-corrected chi connectivity index (χ3v) is 9.65. The van der Waals surface area contributed by atoms with Crippen molar-refractivity contribution in [2.24, 2.45) is 0 Å². The Morgan fingerprint density at radius 2 is 0.962 bits per heavy atom. The van der Waals surface area contributed by atoms with Crippen molar-refractivity contribution in [1.29, 1.82) is 0 Å². The van der Waals surface area contributed by atoms with Crippen molar-refractivity contribution in [3.63, 3.8) is 0 Å². The van der Waals surface area contributed by atoms with Gasteiger partial charge in [-0.25, -0.2) is 0 Å². The molecule has 10 nitrogen and oxygen atoms in total. The molecule has 1 aromatic carbocycles. The second-order valence-electron chi connectivity index (χ2n) is 13.6. The fourth-order valence-electron chi connectivity index (χ4n) is 6.82. The largest absolute Gasteiger partial charge is 0.389 e. The summed E-state index contributed by atoms with van der Waals surface area (Å²) < 4.78 is 0. The van der Waals surface area contributed by atoms with Gasteiger partial charge < -0.3 is 5.11 Å². The van der Waals surface area contributed by atoms with E-state index in [0.717, 1.165) is 107 Å². The lowest BCUT2D eigenvalue weighted by Crippen LogP contribution is -2.50. The van der Waals surface area contributed by atoms with E-state index < -0.39 is 6.61 Å². The standard InChI is InChI=1S/C42H50N8O2/c51-34-42(52)28-36-15-13-35(14-16-36)27-41-33-49(31-39-11-3-7-19-45-39)24-23-47(29-37-9-1-5-17-43-37)21-22-48(30-38-10-2-6-18-44-38)25-26-50(41)32-40-12-4-8-20-46-40/h1-20,41,51H,21-34H2. The number of aliphatic hydroxyl groups excluding tert-OH is 1. The highest BCUT2D eigenvalue weighted by atomic mass is 16.3. The maximum Gasteiger partial charge on any atom is 0.162 e. The molecule has 270 valence electrons. The number of hydrogen-bond donors (Lipinski definition) is 1. The number of carbonyl (C=O) groups is 1. The van der Waals surface area contributed by atoms with E-state index in [0.29, 0.717) is 0 Å². The highest BCUT2D eigenvalue weighted by Gasteiger charge is 2.26. The molecule has 5 heterocycles. The summed E-state index contributed by atoms with van der Waals surface area (Å²) in [6.07, 6.45) is 8.59. The number of aromatic nitrogens is 4. The molecule has 0 aliphatic carbocycles. The van der Waals surface area contributed by atoms with Crippen LogP contribution < -0.4 is 0 Å². The molecule has 0 saturated carbocycles. The summed E-state index contributed by atoms with van der Waals surface area (Å²) in [6, 6.07) is 33.1. The quantitative estimate of drug-likeness (QED) is 0.192. The second kappa shape index (κ2) is 19.8. The van der Waals surface area contributed by atoms with E-state index in [1.165, 1.54) is 5.56 Å². The molecule has 10 heteroatoms. The molecule has 1 unspecified atom stereocenters. The molecule has 0 radical (unpaired) electrons. The van der Waals surface area contributed by atoms with Crippen molar-refractivity contribution in [2.45, 2.75) is 45.1 Å². The number of pyridine rings is 4. The first kappa shape index (κ1) is 37.1. The van der Waals surface area contributed by atoms with Crippen LogP contribution >= 0.6 is 0 Å². The predicted octanol–water partition coefficient (Wildman–Crippen LogP) is 4.30. The molecule has 0 amide bonds. The Balaban J connectivity index is 1.32. The summed E-state index contributed by atoms with van der Waals surface area (Å²) in [5.41, 5.74) is 6.38. The maximum absolute atomic E-state index is 11.9. The van der Waals surface area contributed by atoms with Gasteiger partial charge in [-0.3, -0.25) is 44.3 Å². The van der Waals surface area contributed by atoms with E-state index in [2.05, 4.69) is 85.2 Å². The van der Waals surface area contributed by atoms with Gasteiger partial charge in [-0.15, -0.1) is 0 Å². The Labute approximate surface area is 307 Å². The van der Waals surface area contributed by atoms with Crippen molar-refractivity contribution in [2.75, 3.05) is 52.4 Å². The van der Waals surface area contributed by atoms with Gasteiger partial charge >= 0.3 is 0 Å². The molecule has 52 heavy (non-hydrogen) atoms. The highest BCUT2D eigenvalue weighted by Crippen LogP contribution is 2.18. The number of carbonyl (C=O) groups excluding carboxylic acids is 1. The molecule has 0 bridgehead atoms. The highest BCUT2D eigenvalue weighted by molar-refractivity contribution is 5.81. The minimum atomic E-state index is -0.435. The van der Waals surface area contributed by atoms with Crippen LogP contribution in [0.25, 0.3) is 0 Å². The van der Waals surface area contributed by atoms with E-state index in [-0.39, 0.29) is 18.2 Å². The van der Waals surface area contributed by atoms with E-state index in [1.54, 1.807) is 0 Å². The number of hydrogen-bond acceptors (Lipinski definition) is 10. The molecule has 0 spiro atoms. The third kappa shape index (κ3) is 11.9. The van der Waals surface area contributed by atoms with Crippen molar-refractivity contribution in [3.8, 4) is 0 Å². The minimum Gasteiger partial charge on any atom is -0.389 e. The van der Waals surface area contributed by atoms with Crippen LogP contribution in [0.3, 0.4) is 0 Å². The lowest BCUT2D eigenvalue weighted by molar-refractivity contribution is -0.121. The fraction of sp³-hybridized carbons (Fsp3) is 0.357. The summed E-state index contributed by atoms with van der Waals surface area (Å²) >= 11 is 0. The molecule has 4 aromatic heterocycles. The average molecular weight is 699 g/mol. The molecule has 1 atom stereocenters. The maximum atomic E-state index is 11.9. The third-order valence-electron chi connectivity index (χ3n) is 9.65. The Hall–Kier alpha value is -4.71. The number of Topliss-reactive ketones (excluding diaryl/α,β-unsaturated/α-hetero) is 1. The van der Waals surface area contributed by atoms with Gasteiger partial charge in [0.15, 0.2) is 5.78 Å². The smallest absolute Gasteiger partial charge is 0.162 e. The second-order valence-corrected chi connectivity index (χ2v) is 13.6. The first-order valence-corrected chi connectivity index (χ1v) is 18.3. The van der Waals surface area contributed by atoms with Crippen LogP contribution in [0.4, 0.5) is 0 Å². The van der Waals surface area contributed by atoms with Crippen LogP contribution in [0.15, 0.2) is 122 Å². The number of benzene rings is 1. The lowest BCUT2D eigenvalue weighted by Gasteiger charge is -2.39. The molecule has 1 aliphatic heterocycles. The van der Waals surface area contributed by atoms with Crippen LogP contribution in [0.2, 0.25) is 0 Å². The first-order valence-electron chi connectivity index (χ1n) is 18.3. The molecule has 1 saturated heterocycles. The SMILES string of the molecule is O=C(CO)Cc1ccc(CC2CN(Cc3ccccn3)CCN(Cc3ccccn3)CCN(Cc3ccccn3)CCN2Cc2ccccn2)cc1. The number of aliphatic hydroxyl groups is 1. The van der Waals surface area contributed by atoms with E-state index in [1.807, 2.05) is 61.2 Å². The molecule has 1 fully saturated rings. The molecule has 1 aliphatic rings. The van der Waals surface area contributed by atoms with Crippen molar-refractivity contribution in [1.82, 2.24) is 39.5 Å². The molecule has 6 rings (SSSR count). The Kier molecular flexibility index (Phi) is 14.1. The van der Waals surface area contributed by atoms with Crippen LogP contribution in [-0.2, 0) is 43.8 Å². The van der Waals surface area contributed by atoms with Gasteiger partial charge in [0, 0.05) is 109 Å². The summed E-state index contributed by atoms with van der Waals surface area (Å²) in [7, 11) is 0. The Bertz CT molecular complexity index is 1750. The van der Waals surface area contributed by atoms with Gasteiger partial charge in [0.05, 0.1) is 22.8 Å². The predicted molar refractivity (Wildman–Crippen MR) is 203 cm³/mol. The normalized spacial score (nSPS) is 17.3. The van der Waals surface area contributed by atoms with Crippen molar-refractivity contribution >= 4 is 5.78 Å². The minimum absolute atomic E-state index is 0.163. The van der Waals surface area contributed by atoms with Crippen molar-refractivity contribution in [3.05, 3.63) is 156 Å².